The molecule has 6 heteroatoms. The Labute approximate surface area is 165 Å². The Morgan fingerprint density at radius 2 is 1.89 bits per heavy atom. The first-order valence-corrected chi connectivity index (χ1v) is 11.0. The maximum Gasteiger partial charge on any atom is 0.191 e. The molecule has 0 aromatic rings. The molecule has 0 bridgehead atoms. The molecule has 0 atom stereocenters. The van der Waals surface area contributed by atoms with E-state index in [-0.39, 0.29) is 5.54 Å². The number of piperidine rings is 1. The molecular weight excluding hydrogens is 338 g/mol. The number of aliphatic imine (C=N–C) groups is 1. The van der Waals surface area contributed by atoms with Gasteiger partial charge in [-0.25, -0.2) is 0 Å². The van der Waals surface area contributed by atoms with Crippen LogP contribution in [-0.2, 0) is 4.74 Å². The van der Waals surface area contributed by atoms with Crippen molar-refractivity contribution >= 4 is 5.96 Å². The van der Waals surface area contributed by atoms with Crippen molar-refractivity contribution in [3.05, 3.63) is 12.7 Å². The quantitative estimate of drug-likeness (QED) is 0.403. The van der Waals surface area contributed by atoms with Gasteiger partial charge < -0.3 is 15.4 Å². The van der Waals surface area contributed by atoms with E-state index in [2.05, 4.69) is 33.9 Å². The van der Waals surface area contributed by atoms with Crippen LogP contribution in [-0.4, -0.2) is 86.4 Å². The maximum absolute atomic E-state index is 5.67. The fourth-order valence-corrected chi connectivity index (χ4v) is 4.70. The van der Waals surface area contributed by atoms with E-state index in [1.54, 1.807) is 0 Å². The molecule has 0 saturated carbocycles. The smallest absolute Gasteiger partial charge is 0.191 e. The van der Waals surface area contributed by atoms with Gasteiger partial charge in [0.15, 0.2) is 5.96 Å². The van der Waals surface area contributed by atoms with E-state index in [9.17, 15) is 0 Å². The molecule has 0 amide bonds. The number of likely N-dealkylation sites (tertiary alicyclic amines) is 2. The molecule has 0 spiro atoms. The van der Waals surface area contributed by atoms with Gasteiger partial charge >= 0.3 is 0 Å². The number of hydrogen-bond donors (Lipinski definition) is 2. The van der Waals surface area contributed by atoms with Gasteiger partial charge in [-0.1, -0.05) is 6.08 Å². The van der Waals surface area contributed by atoms with Gasteiger partial charge in [-0.05, 0) is 58.5 Å². The Kier molecular flexibility index (Phi) is 7.97. The van der Waals surface area contributed by atoms with Crippen molar-refractivity contribution in [2.75, 3.05) is 59.0 Å². The molecule has 0 radical (unpaired) electrons. The Hall–Kier alpha value is -1.11. The lowest BCUT2D eigenvalue weighted by Gasteiger charge is -2.43. The Morgan fingerprint density at radius 1 is 1.19 bits per heavy atom. The number of guanidine groups is 1. The second-order valence-electron chi connectivity index (χ2n) is 8.23. The molecule has 0 aliphatic carbocycles. The largest absolute Gasteiger partial charge is 0.381 e. The van der Waals surface area contributed by atoms with Crippen LogP contribution in [0.25, 0.3) is 0 Å². The number of nitrogens with zero attached hydrogens (tertiary/aromatic N) is 3. The lowest BCUT2D eigenvalue weighted by atomic mass is 9.88. The first-order chi connectivity index (χ1) is 13.3. The van der Waals surface area contributed by atoms with Crippen LogP contribution in [0.4, 0.5) is 0 Å². The second kappa shape index (κ2) is 10.4. The van der Waals surface area contributed by atoms with Gasteiger partial charge in [-0.2, -0.15) is 0 Å². The molecule has 3 aliphatic rings. The Balaban J connectivity index is 1.59. The van der Waals surface area contributed by atoms with Crippen LogP contribution in [0.3, 0.4) is 0 Å². The molecule has 2 N–H and O–H groups in total. The van der Waals surface area contributed by atoms with Gasteiger partial charge in [0.1, 0.15) is 0 Å². The standard InChI is InChI=1S/C21H39N5O/c1-3-11-25-14-7-19(8-15-25)24-20(22-4-2)23-18-21(9-16-27-17-10-21)26-12-5-6-13-26/h3,19H,1,4-18H2,2H3,(H2,22,23,24). The van der Waals surface area contributed by atoms with Crippen LogP contribution < -0.4 is 10.6 Å². The highest BCUT2D eigenvalue weighted by molar-refractivity contribution is 5.80. The first-order valence-electron chi connectivity index (χ1n) is 11.0. The molecule has 3 saturated heterocycles. The third kappa shape index (κ3) is 5.69. The van der Waals surface area contributed by atoms with Crippen LogP contribution >= 0.6 is 0 Å². The molecule has 3 heterocycles. The topological polar surface area (TPSA) is 52.1 Å². The van der Waals surface area contributed by atoms with Crippen LogP contribution in [0.15, 0.2) is 17.6 Å². The molecular formula is C21H39N5O. The van der Waals surface area contributed by atoms with E-state index in [4.69, 9.17) is 9.73 Å². The lowest BCUT2D eigenvalue weighted by molar-refractivity contribution is -0.0139. The van der Waals surface area contributed by atoms with Crippen molar-refractivity contribution in [2.24, 2.45) is 4.99 Å². The highest BCUT2D eigenvalue weighted by Gasteiger charge is 2.39. The summed E-state index contributed by atoms with van der Waals surface area (Å²) in [5, 5.41) is 7.18. The predicted molar refractivity (Wildman–Crippen MR) is 112 cm³/mol. The third-order valence-electron chi connectivity index (χ3n) is 6.39. The highest BCUT2D eigenvalue weighted by Crippen LogP contribution is 2.31. The third-order valence-corrected chi connectivity index (χ3v) is 6.39. The van der Waals surface area contributed by atoms with Gasteiger partial charge in [0.05, 0.1) is 6.54 Å². The maximum atomic E-state index is 5.67. The fourth-order valence-electron chi connectivity index (χ4n) is 4.70. The summed E-state index contributed by atoms with van der Waals surface area (Å²) in [6.07, 6.45) is 9.21. The number of nitrogens with one attached hydrogen (secondary N) is 2. The average molecular weight is 378 g/mol. The van der Waals surface area contributed by atoms with Crippen molar-refractivity contribution in [1.29, 1.82) is 0 Å². The van der Waals surface area contributed by atoms with Crippen molar-refractivity contribution < 1.29 is 4.74 Å². The minimum absolute atomic E-state index is 0.199. The molecule has 154 valence electrons. The number of ether oxygens (including phenoxy) is 1. The van der Waals surface area contributed by atoms with Gasteiger partial charge in [0.25, 0.3) is 0 Å². The van der Waals surface area contributed by atoms with E-state index in [0.717, 1.165) is 64.7 Å². The summed E-state index contributed by atoms with van der Waals surface area (Å²) in [7, 11) is 0. The first kappa shape index (κ1) is 20.6. The summed E-state index contributed by atoms with van der Waals surface area (Å²) in [6.45, 7) is 15.3. The molecule has 3 rings (SSSR count). The SMILES string of the molecule is C=CCN1CCC(NC(=NCC2(N3CCCC3)CCOCC2)NCC)CC1. The fraction of sp³-hybridized carbons (Fsp3) is 0.857. The monoisotopic (exact) mass is 377 g/mol. The Bertz CT molecular complexity index is 475. The van der Waals surface area contributed by atoms with E-state index < -0.39 is 0 Å². The molecule has 6 nitrogen and oxygen atoms in total. The van der Waals surface area contributed by atoms with E-state index in [1.165, 1.54) is 38.8 Å². The van der Waals surface area contributed by atoms with Crippen LogP contribution in [0.5, 0.6) is 0 Å². The van der Waals surface area contributed by atoms with Crippen LogP contribution in [0.2, 0.25) is 0 Å². The zero-order valence-electron chi connectivity index (χ0n) is 17.2. The summed E-state index contributed by atoms with van der Waals surface area (Å²) in [5.41, 5.74) is 0.199. The summed E-state index contributed by atoms with van der Waals surface area (Å²) < 4.78 is 5.67. The normalized spacial score (nSPS) is 25.4. The molecule has 0 unspecified atom stereocenters. The molecule has 27 heavy (non-hydrogen) atoms. The summed E-state index contributed by atoms with van der Waals surface area (Å²) in [6, 6.07) is 0.515. The second-order valence-corrected chi connectivity index (χ2v) is 8.23. The van der Waals surface area contributed by atoms with E-state index in [0.29, 0.717) is 6.04 Å². The molecule has 3 aliphatic heterocycles. The minimum atomic E-state index is 0.199. The zero-order chi connectivity index (χ0) is 19.0. The number of rotatable bonds is 7. The van der Waals surface area contributed by atoms with Gasteiger partial charge in [-0.3, -0.25) is 14.8 Å². The minimum Gasteiger partial charge on any atom is -0.381 e. The Morgan fingerprint density at radius 3 is 2.52 bits per heavy atom. The van der Waals surface area contributed by atoms with Crippen molar-refractivity contribution in [3.8, 4) is 0 Å². The van der Waals surface area contributed by atoms with E-state index in [1.807, 2.05) is 6.08 Å². The zero-order valence-corrected chi connectivity index (χ0v) is 17.2. The molecule has 3 fully saturated rings. The summed E-state index contributed by atoms with van der Waals surface area (Å²) in [4.78, 5) is 10.2. The molecule has 0 aromatic carbocycles. The van der Waals surface area contributed by atoms with Gasteiger partial charge in [-0.15, -0.1) is 6.58 Å². The number of hydrogen-bond acceptors (Lipinski definition) is 4. The van der Waals surface area contributed by atoms with Gasteiger partial charge in [0, 0.05) is 51.0 Å². The van der Waals surface area contributed by atoms with Gasteiger partial charge in [0.2, 0.25) is 0 Å². The highest BCUT2D eigenvalue weighted by atomic mass is 16.5. The van der Waals surface area contributed by atoms with Crippen LogP contribution in [0, 0.1) is 0 Å². The average Bonchev–Trinajstić information content (AvgIpc) is 3.24. The summed E-state index contributed by atoms with van der Waals surface area (Å²) >= 11 is 0. The van der Waals surface area contributed by atoms with Crippen LogP contribution in [0.1, 0.15) is 45.4 Å². The van der Waals surface area contributed by atoms with Crippen molar-refractivity contribution in [1.82, 2.24) is 20.4 Å². The lowest BCUT2D eigenvalue weighted by Crippen LogP contribution is -2.54. The van der Waals surface area contributed by atoms with Crippen molar-refractivity contribution in [2.45, 2.75) is 57.0 Å². The molecule has 0 aromatic heterocycles. The summed E-state index contributed by atoms with van der Waals surface area (Å²) in [5.74, 6) is 0.990. The van der Waals surface area contributed by atoms with E-state index >= 15 is 0 Å². The predicted octanol–water partition coefficient (Wildman–Crippen LogP) is 1.84. The van der Waals surface area contributed by atoms with Crippen molar-refractivity contribution in [3.63, 3.8) is 0 Å².